The van der Waals surface area contributed by atoms with Gasteiger partial charge in [0.1, 0.15) is 11.0 Å². The van der Waals surface area contributed by atoms with Crippen LogP contribution >= 0.6 is 0 Å². The lowest BCUT2D eigenvalue weighted by atomic mass is 10.1. The van der Waals surface area contributed by atoms with Crippen LogP contribution in [0, 0.1) is 0 Å². The second kappa shape index (κ2) is 6.53. The quantitative estimate of drug-likeness (QED) is 0.319. The van der Waals surface area contributed by atoms with Crippen LogP contribution in [0.4, 0.5) is 0 Å². The lowest BCUT2D eigenvalue weighted by molar-refractivity contribution is 0.771. The summed E-state index contributed by atoms with van der Waals surface area (Å²) in [4.78, 5) is 1.75. The fraction of sp³-hybridized carbons (Fsp3) is 0. The van der Waals surface area contributed by atoms with Crippen LogP contribution in [-0.4, -0.2) is 19.6 Å². The molecule has 0 saturated carbocycles. The van der Waals surface area contributed by atoms with Crippen LogP contribution in [0.2, 0.25) is 0 Å². The number of para-hydroxylation sites is 2. The molecule has 7 aromatic rings. The van der Waals surface area contributed by atoms with Crippen molar-refractivity contribution in [3.63, 3.8) is 0 Å². The van der Waals surface area contributed by atoms with Crippen LogP contribution < -0.4 is 0 Å². The van der Waals surface area contributed by atoms with Crippen molar-refractivity contribution in [2.75, 3.05) is 0 Å². The zero-order valence-corrected chi connectivity index (χ0v) is 17.2. The van der Waals surface area contributed by atoms with Crippen molar-refractivity contribution in [1.29, 1.82) is 0 Å². The normalized spacial score (nSPS) is 11.8. The highest BCUT2D eigenvalue weighted by Gasteiger charge is 2.13. The van der Waals surface area contributed by atoms with Crippen molar-refractivity contribution in [2.45, 2.75) is 0 Å². The Hall–Kier alpha value is -4.44. The topological polar surface area (TPSA) is 35.6 Å². The van der Waals surface area contributed by atoms with Gasteiger partial charge in [0.05, 0.1) is 16.7 Å². The highest BCUT2D eigenvalue weighted by molar-refractivity contribution is 6.09. The van der Waals surface area contributed by atoms with Crippen LogP contribution in [-0.2, 0) is 0 Å². The fourth-order valence-corrected chi connectivity index (χ4v) is 4.73. The number of hydrogen-bond donors (Lipinski definition) is 0. The molecule has 2 aromatic heterocycles. The maximum Gasteiger partial charge on any atom is 0.115 e. The molecule has 0 aliphatic rings. The number of rotatable bonds is 2. The first-order valence-electron chi connectivity index (χ1n) is 10.7. The van der Waals surface area contributed by atoms with Gasteiger partial charge in [0.2, 0.25) is 0 Å². The summed E-state index contributed by atoms with van der Waals surface area (Å²) in [5.41, 5.74) is 6.20. The van der Waals surface area contributed by atoms with Gasteiger partial charge in [0.25, 0.3) is 0 Å². The molecule has 0 fully saturated rings. The molecule has 0 amide bonds. The fourth-order valence-electron chi connectivity index (χ4n) is 4.73. The van der Waals surface area contributed by atoms with Gasteiger partial charge in [-0.25, -0.2) is 0 Å². The van der Waals surface area contributed by atoms with E-state index in [1.807, 2.05) is 0 Å². The molecule has 7 rings (SSSR count). The van der Waals surface area contributed by atoms with Gasteiger partial charge in [-0.1, -0.05) is 72.8 Å². The summed E-state index contributed by atoms with van der Waals surface area (Å²) in [5.74, 6) is 0. The highest BCUT2D eigenvalue weighted by atomic mass is 15.5. The second-order valence-corrected chi connectivity index (χ2v) is 8.03. The Labute approximate surface area is 183 Å². The first kappa shape index (κ1) is 17.3. The Morgan fingerprint density at radius 3 is 1.91 bits per heavy atom. The lowest BCUT2D eigenvalue weighted by Crippen LogP contribution is -1.99. The molecule has 0 aliphatic carbocycles. The van der Waals surface area contributed by atoms with E-state index < -0.39 is 0 Å². The van der Waals surface area contributed by atoms with E-state index in [0.29, 0.717) is 0 Å². The molecule has 0 radical (unpaired) electrons. The minimum Gasteiger partial charge on any atom is -0.309 e. The van der Waals surface area contributed by atoms with Gasteiger partial charge in [0, 0.05) is 21.8 Å². The van der Waals surface area contributed by atoms with Gasteiger partial charge in [0.15, 0.2) is 0 Å². The number of benzene rings is 5. The van der Waals surface area contributed by atoms with E-state index >= 15 is 0 Å². The van der Waals surface area contributed by atoms with Crippen LogP contribution in [0.1, 0.15) is 0 Å². The number of hydrogen-bond acceptors (Lipinski definition) is 2. The Bertz CT molecular complexity index is 1730. The highest BCUT2D eigenvalue weighted by Crippen LogP contribution is 2.32. The summed E-state index contributed by atoms with van der Waals surface area (Å²) in [5, 5.41) is 14.5. The molecule has 0 bridgehead atoms. The Morgan fingerprint density at radius 2 is 1.12 bits per heavy atom. The molecule has 4 nitrogen and oxygen atoms in total. The number of nitrogens with zero attached hydrogens (tertiary/aromatic N) is 4. The summed E-state index contributed by atoms with van der Waals surface area (Å²) in [6, 6.07) is 38.0. The summed E-state index contributed by atoms with van der Waals surface area (Å²) in [7, 11) is 0. The lowest BCUT2D eigenvalue weighted by Gasteiger charge is -2.07. The van der Waals surface area contributed by atoms with Crippen LogP contribution in [0.15, 0.2) is 109 Å². The molecule has 0 atom stereocenters. The molecular weight excluding hydrogens is 392 g/mol. The molecule has 150 valence electrons. The average molecular weight is 410 g/mol. The third kappa shape index (κ3) is 2.44. The Kier molecular flexibility index (Phi) is 3.52. The zero-order chi connectivity index (χ0) is 21.1. The van der Waals surface area contributed by atoms with E-state index in [0.717, 1.165) is 27.8 Å². The predicted molar refractivity (Wildman–Crippen MR) is 131 cm³/mol. The molecule has 0 spiro atoms. The van der Waals surface area contributed by atoms with Crippen molar-refractivity contribution in [3.8, 4) is 11.4 Å². The molecular formula is C28H18N4. The minimum atomic E-state index is 0.872. The van der Waals surface area contributed by atoms with E-state index in [4.69, 9.17) is 10.2 Å². The molecule has 0 aliphatic heterocycles. The molecule has 32 heavy (non-hydrogen) atoms. The van der Waals surface area contributed by atoms with Crippen LogP contribution in [0.5, 0.6) is 0 Å². The molecule has 5 aromatic carbocycles. The third-order valence-corrected chi connectivity index (χ3v) is 6.18. The number of aromatic nitrogens is 4. The average Bonchev–Trinajstić information content (AvgIpc) is 3.42. The monoisotopic (exact) mass is 410 g/mol. The van der Waals surface area contributed by atoms with Crippen molar-refractivity contribution < 1.29 is 0 Å². The third-order valence-electron chi connectivity index (χ3n) is 6.18. The largest absolute Gasteiger partial charge is 0.309 e. The van der Waals surface area contributed by atoms with E-state index in [1.54, 1.807) is 4.80 Å². The van der Waals surface area contributed by atoms with Gasteiger partial charge in [-0.15, -0.1) is 15.0 Å². The molecule has 4 heteroatoms. The smallest absolute Gasteiger partial charge is 0.115 e. The summed E-state index contributed by atoms with van der Waals surface area (Å²) in [6.45, 7) is 0. The minimum absolute atomic E-state index is 0.872. The molecule has 2 heterocycles. The summed E-state index contributed by atoms with van der Waals surface area (Å²) in [6.07, 6.45) is 0. The first-order valence-corrected chi connectivity index (χ1v) is 10.7. The summed E-state index contributed by atoms with van der Waals surface area (Å²) < 4.78 is 2.31. The van der Waals surface area contributed by atoms with E-state index in [2.05, 4.69) is 114 Å². The van der Waals surface area contributed by atoms with E-state index in [1.165, 1.54) is 27.2 Å². The van der Waals surface area contributed by atoms with Crippen molar-refractivity contribution in [1.82, 2.24) is 19.6 Å². The molecule has 0 N–H and O–H groups in total. The standard InChI is InChI=1S/C28H18N4/c1-2-10-21-19(8-1)9-7-15-28(21)32-29-24-17-16-20(18-25(24)30-32)31-26-13-5-3-11-22(26)23-12-4-6-14-27(23)31/h1-18H. The van der Waals surface area contributed by atoms with Gasteiger partial charge >= 0.3 is 0 Å². The first-order chi connectivity index (χ1) is 15.9. The van der Waals surface area contributed by atoms with Crippen molar-refractivity contribution in [2.24, 2.45) is 0 Å². The SMILES string of the molecule is c1ccc2c(-n3nc4ccc(-n5c6ccccc6c6ccccc65)cc4n3)cccc2c1. The maximum atomic E-state index is 4.86. The molecule has 0 saturated heterocycles. The van der Waals surface area contributed by atoms with Gasteiger partial charge in [-0.2, -0.15) is 0 Å². The van der Waals surface area contributed by atoms with Gasteiger partial charge in [-0.05, 0) is 41.8 Å². The van der Waals surface area contributed by atoms with Gasteiger partial charge in [-0.3, -0.25) is 0 Å². The van der Waals surface area contributed by atoms with Crippen LogP contribution in [0.3, 0.4) is 0 Å². The number of fused-ring (bicyclic) bond motifs is 5. The predicted octanol–water partition coefficient (Wildman–Crippen LogP) is 6.67. The Balaban J connectivity index is 1.46. The van der Waals surface area contributed by atoms with E-state index in [-0.39, 0.29) is 0 Å². The van der Waals surface area contributed by atoms with Crippen molar-refractivity contribution in [3.05, 3.63) is 109 Å². The summed E-state index contributed by atoms with van der Waals surface area (Å²) >= 11 is 0. The maximum absolute atomic E-state index is 4.86. The van der Waals surface area contributed by atoms with Gasteiger partial charge < -0.3 is 4.57 Å². The zero-order valence-electron chi connectivity index (χ0n) is 17.2. The van der Waals surface area contributed by atoms with E-state index in [9.17, 15) is 0 Å². The molecule has 0 unspecified atom stereocenters. The second-order valence-electron chi connectivity index (χ2n) is 8.03. The Morgan fingerprint density at radius 1 is 0.500 bits per heavy atom. The van der Waals surface area contributed by atoms with Crippen LogP contribution in [0.25, 0.3) is 55.0 Å². The van der Waals surface area contributed by atoms with Crippen molar-refractivity contribution >= 4 is 43.6 Å².